The Morgan fingerprint density at radius 1 is 1.29 bits per heavy atom. The number of guanidine groups is 1. The minimum absolute atomic E-state index is 0.0832. The Morgan fingerprint density at radius 3 is 2.62 bits per heavy atom. The highest BCUT2D eigenvalue weighted by Crippen LogP contribution is 2.17. The Morgan fingerprint density at radius 2 is 2.00 bits per heavy atom. The maximum Gasteiger partial charge on any atom is 0.239 e. The number of benzene rings is 1. The van der Waals surface area contributed by atoms with Gasteiger partial charge in [0.2, 0.25) is 5.91 Å². The van der Waals surface area contributed by atoms with Crippen LogP contribution in [0.3, 0.4) is 0 Å². The SMILES string of the molecule is C=CCOc1ccccc1CNC(=NC)NCC(=O)NC(C)(C)C. The largest absolute Gasteiger partial charge is 0.489 e. The molecule has 0 aromatic heterocycles. The quantitative estimate of drug-likeness (QED) is 0.405. The summed E-state index contributed by atoms with van der Waals surface area (Å²) in [7, 11) is 1.66. The van der Waals surface area contributed by atoms with E-state index in [2.05, 4.69) is 27.5 Å². The molecule has 1 aromatic rings. The molecule has 6 heteroatoms. The smallest absolute Gasteiger partial charge is 0.239 e. The van der Waals surface area contributed by atoms with Crippen LogP contribution in [0.2, 0.25) is 0 Å². The van der Waals surface area contributed by atoms with Crippen molar-refractivity contribution in [3.63, 3.8) is 0 Å². The third-order valence-electron chi connectivity index (χ3n) is 2.93. The van der Waals surface area contributed by atoms with Crippen LogP contribution in [0, 0.1) is 0 Å². The van der Waals surface area contributed by atoms with E-state index >= 15 is 0 Å². The van der Waals surface area contributed by atoms with Gasteiger partial charge >= 0.3 is 0 Å². The molecule has 0 saturated heterocycles. The van der Waals surface area contributed by atoms with Crippen molar-refractivity contribution in [3.8, 4) is 5.75 Å². The standard InChI is InChI=1S/C18H28N4O2/c1-6-11-24-15-10-8-7-9-14(15)12-20-17(19-5)21-13-16(23)22-18(2,3)4/h6-10H,1,11-13H2,2-5H3,(H,22,23)(H2,19,20,21). The average Bonchev–Trinajstić information content (AvgIpc) is 2.52. The highest BCUT2D eigenvalue weighted by Gasteiger charge is 2.13. The van der Waals surface area contributed by atoms with Gasteiger partial charge < -0.3 is 20.7 Å². The first-order valence-electron chi connectivity index (χ1n) is 7.93. The summed E-state index contributed by atoms with van der Waals surface area (Å²) in [6.07, 6.45) is 1.71. The monoisotopic (exact) mass is 332 g/mol. The number of hydrogen-bond donors (Lipinski definition) is 3. The van der Waals surface area contributed by atoms with Gasteiger partial charge in [0, 0.05) is 24.7 Å². The van der Waals surface area contributed by atoms with Gasteiger partial charge in [-0.15, -0.1) is 0 Å². The van der Waals surface area contributed by atoms with Crippen molar-refractivity contribution in [2.45, 2.75) is 32.9 Å². The summed E-state index contributed by atoms with van der Waals surface area (Å²) in [5, 5.41) is 9.06. The number of nitrogens with one attached hydrogen (secondary N) is 3. The zero-order valence-electron chi connectivity index (χ0n) is 15.0. The van der Waals surface area contributed by atoms with Gasteiger partial charge in [0.25, 0.3) is 0 Å². The summed E-state index contributed by atoms with van der Waals surface area (Å²) in [6.45, 7) is 10.6. The molecule has 0 radical (unpaired) electrons. The maximum atomic E-state index is 11.8. The lowest BCUT2D eigenvalue weighted by Gasteiger charge is -2.21. The van der Waals surface area contributed by atoms with E-state index in [0.29, 0.717) is 19.1 Å². The molecule has 1 rings (SSSR count). The molecule has 0 aliphatic heterocycles. The van der Waals surface area contributed by atoms with Crippen molar-refractivity contribution >= 4 is 11.9 Å². The van der Waals surface area contributed by atoms with Gasteiger partial charge in [-0.3, -0.25) is 9.79 Å². The molecule has 6 nitrogen and oxygen atoms in total. The molecule has 0 bridgehead atoms. The second-order valence-electron chi connectivity index (χ2n) is 6.28. The Bertz CT molecular complexity index is 577. The van der Waals surface area contributed by atoms with Crippen LogP contribution in [0.25, 0.3) is 0 Å². The molecule has 24 heavy (non-hydrogen) atoms. The minimum Gasteiger partial charge on any atom is -0.489 e. The number of ether oxygens (including phenoxy) is 1. The summed E-state index contributed by atoms with van der Waals surface area (Å²) in [6, 6.07) is 7.76. The molecule has 1 aromatic carbocycles. The van der Waals surface area contributed by atoms with Gasteiger partial charge in [0.05, 0.1) is 6.54 Å². The lowest BCUT2D eigenvalue weighted by atomic mass is 10.1. The van der Waals surface area contributed by atoms with Gasteiger partial charge in [-0.25, -0.2) is 0 Å². The molecule has 1 amide bonds. The second-order valence-corrected chi connectivity index (χ2v) is 6.28. The van der Waals surface area contributed by atoms with E-state index in [1.165, 1.54) is 0 Å². The highest BCUT2D eigenvalue weighted by atomic mass is 16.5. The fraction of sp³-hybridized carbons (Fsp3) is 0.444. The molecular weight excluding hydrogens is 304 g/mol. The third kappa shape index (κ3) is 7.67. The van der Waals surface area contributed by atoms with Crippen molar-refractivity contribution in [3.05, 3.63) is 42.5 Å². The number of amides is 1. The maximum absolute atomic E-state index is 11.8. The first-order valence-corrected chi connectivity index (χ1v) is 7.93. The van der Waals surface area contributed by atoms with E-state index in [4.69, 9.17) is 4.74 Å². The van der Waals surface area contributed by atoms with Gasteiger partial charge in [-0.05, 0) is 26.8 Å². The average molecular weight is 332 g/mol. The lowest BCUT2D eigenvalue weighted by Crippen LogP contribution is -2.48. The number of nitrogens with zero attached hydrogens (tertiary/aromatic N) is 1. The van der Waals surface area contributed by atoms with Crippen LogP contribution in [-0.4, -0.2) is 37.6 Å². The predicted octanol–water partition coefficient (Wildman–Crippen LogP) is 1.83. The summed E-state index contributed by atoms with van der Waals surface area (Å²) >= 11 is 0. The lowest BCUT2D eigenvalue weighted by molar-refractivity contribution is -0.121. The molecule has 0 unspecified atom stereocenters. The van der Waals surface area contributed by atoms with E-state index in [1.807, 2.05) is 45.0 Å². The first-order chi connectivity index (χ1) is 11.4. The van der Waals surface area contributed by atoms with E-state index in [9.17, 15) is 4.79 Å². The Hall–Kier alpha value is -2.50. The van der Waals surface area contributed by atoms with E-state index in [-0.39, 0.29) is 18.0 Å². The van der Waals surface area contributed by atoms with Gasteiger partial charge in [0.1, 0.15) is 12.4 Å². The van der Waals surface area contributed by atoms with Crippen LogP contribution in [0.15, 0.2) is 41.9 Å². The zero-order valence-corrected chi connectivity index (χ0v) is 15.0. The van der Waals surface area contributed by atoms with Crippen molar-refractivity contribution in [2.24, 2.45) is 4.99 Å². The number of para-hydroxylation sites is 1. The minimum atomic E-state index is -0.253. The molecule has 0 aliphatic rings. The van der Waals surface area contributed by atoms with Gasteiger partial charge in [-0.2, -0.15) is 0 Å². The summed E-state index contributed by atoms with van der Waals surface area (Å²) < 4.78 is 5.62. The molecule has 0 atom stereocenters. The Balaban J connectivity index is 2.53. The Kier molecular flexibility index (Phi) is 7.82. The molecule has 0 aliphatic carbocycles. The van der Waals surface area contributed by atoms with Crippen LogP contribution < -0.4 is 20.7 Å². The van der Waals surface area contributed by atoms with E-state index < -0.39 is 0 Å². The molecular formula is C18H28N4O2. The predicted molar refractivity (Wildman–Crippen MR) is 98.2 cm³/mol. The van der Waals surface area contributed by atoms with Gasteiger partial charge in [0.15, 0.2) is 5.96 Å². The fourth-order valence-corrected chi connectivity index (χ4v) is 1.97. The number of hydrogen-bond acceptors (Lipinski definition) is 3. The Labute approximate surface area is 144 Å². The number of carbonyl (C=O) groups excluding carboxylic acids is 1. The molecule has 0 fully saturated rings. The summed E-state index contributed by atoms with van der Waals surface area (Å²) in [5.41, 5.74) is 0.749. The molecule has 0 spiro atoms. The normalized spacial score (nSPS) is 11.6. The number of carbonyl (C=O) groups is 1. The van der Waals surface area contributed by atoms with Crippen molar-refractivity contribution in [2.75, 3.05) is 20.2 Å². The number of aliphatic imine (C=N–C) groups is 1. The van der Waals surface area contributed by atoms with E-state index in [0.717, 1.165) is 11.3 Å². The fourth-order valence-electron chi connectivity index (χ4n) is 1.97. The van der Waals surface area contributed by atoms with Crippen LogP contribution in [0.1, 0.15) is 26.3 Å². The topological polar surface area (TPSA) is 74.8 Å². The van der Waals surface area contributed by atoms with E-state index in [1.54, 1.807) is 13.1 Å². The van der Waals surface area contributed by atoms with Crippen LogP contribution in [0.5, 0.6) is 5.75 Å². The molecule has 0 saturated carbocycles. The third-order valence-corrected chi connectivity index (χ3v) is 2.93. The van der Waals surface area contributed by atoms with Crippen molar-refractivity contribution in [1.82, 2.24) is 16.0 Å². The molecule has 0 heterocycles. The molecule has 3 N–H and O–H groups in total. The van der Waals surface area contributed by atoms with Crippen LogP contribution in [0.4, 0.5) is 0 Å². The molecule has 132 valence electrons. The second kappa shape index (κ2) is 9.60. The van der Waals surface area contributed by atoms with Gasteiger partial charge in [-0.1, -0.05) is 30.9 Å². The zero-order chi connectivity index (χ0) is 18.0. The summed E-state index contributed by atoms with van der Waals surface area (Å²) in [4.78, 5) is 16.0. The summed E-state index contributed by atoms with van der Waals surface area (Å²) in [5.74, 6) is 1.27. The number of rotatable bonds is 7. The van der Waals surface area contributed by atoms with Crippen molar-refractivity contribution in [1.29, 1.82) is 0 Å². The first kappa shape index (κ1) is 19.5. The van der Waals surface area contributed by atoms with Crippen LogP contribution in [-0.2, 0) is 11.3 Å². The van der Waals surface area contributed by atoms with Crippen LogP contribution >= 0.6 is 0 Å². The van der Waals surface area contributed by atoms with Crippen molar-refractivity contribution < 1.29 is 9.53 Å². The highest BCUT2D eigenvalue weighted by molar-refractivity contribution is 5.86.